The number of nitrogens with zero attached hydrogens (tertiary/aromatic N) is 5. The molecule has 0 spiro atoms. The van der Waals surface area contributed by atoms with Gasteiger partial charge in [-0.05, 0) is 5.16 Å². The smallest absolute Gasteiger partial charge is 0.321 e. The van der Waals surface area contributed by atoms with E-state index in [1.165, 1.54) is 31.6 Å². The molecule has 0 atom stereocenters. The van der Waals surface area contributed by atoms with Gasteiger partial charge in [-0.15, -0.1) is 0 Å². The fourth-order valence-electron chi connectivity index (χ4n) is 2.82. The summed E-state index contributed by atoms with van der Waals surface area (Å²) in [5, 5.41) is 6.85. The highest BCUT2D eigenvalue weighted by atomic mass is 32.1. The zero-order valence-corrected chi connectivity index (χ0v) is 16.8. The molecular weight excluding hydrogens is 400 g/mol. The third-order valence-electron chi connectivity index (χ3n) is 4.26. The number of fused-ring (bicyclic) bond motifs is 1. The highest BCUT2D eigenvalue weighted by molar-refractivity contribution is 7.15. The molecule has 1 amide bonds. The molecule has 3 aromatic heterocycles. The summed E-state index contributed by atoms with van der Waals surface area (Å²) in [4.78, 5) is 28.5. The normalized spacial score (nSPS) is 13.0. The maximum atomic E-state index is 12.3. The van der Waals surface area contributed by atoms with Crippen LogP contribution in [0.25, 0.3) is 0 Å². The van der Waals surface area contributed by atoms with Crippen LogP contribution < -0.4 is 24.4 Å². The second kappa shape index (κ2) is 7.91. The van der Waals surface area contributed by atoms with E-state index in [9.17, 15) is 4.79 Å². The number of rotatable bonds is 6. The molecule has 0 unspecified atom stereocenters. The quantitative estimate of drug-likeness (QED) is 0.633. The van der Waals surface area contributed by atoms with E-state index in [1.807, 2.05) is 0 Å². The summed E-state index contributed by atoms with van der Waals surface area (Å²) in [5.74, 6) is 0.982. The Morgan fingerprint density at radius 1 is 1.14 bits per heavy atom. The lowest BCUT2D eigenvalue weighted by atomic mass is 10.2. The highest BCUT2D eigenvalue weighted by Crippen LogP contribution is 2.32. The topological polar surface area (TPSA) is 125 Å². The Labute approximate surface area is 169 Å². The first-order valence-corrected chi connectivity index (χ1v) is 9.44. The maximum absolute atomic E-state index is 12.3. The van der Waals surface area contributed by atoms with Crippen LogP contribution in [-0.4, -0.2) is 53.9 Å². The van der Waals surface area contributed by atoms with E-state index in [-0.39, 0.29) is 17.7 Å². The molecule has 11 nitrogen and oxygen atoms in total. The van der Waals surface area contributed by atoms with Gasteiger partial charge in [-0.1, -0.05) is 11.3 Å². The van der Waals surface area contributed by atoms with Crippen LogP contribution in [0.4, 0.5) is 10.9 Å². The van der Waals surface area contributed by atoms with Crippen LogP contribution in [0.1, 0.15) is 21.1 Å². The molecule has 0 aliphatic carbocycles. The van der Waals surface area contributed by atoms with Crippen molar-refractivity contribution in [3.8, 4) is 17.8 Å². The van der Waals surface area contributed by atoms with Crippen LogP contribution in [0.5, 0.6) is 17.8 Å². The molecule has 0 aromatic carbocycles. The highest BCUT2D eigenvalue weighted by Gasteiger charge is 2.24. The molecule has 152 valence electrons. The Bertz CT molecular complexity index is 1010. The van der Waals surface area contributed by atoms with Crippen LogP contribution in [-0.2, 0) is 13.0 Å². The van der Waals surface area contributed by atoms with Gasteiger partial charge in [0.1, 0.15) is 5.82 Å². The number of anilines is 2. The number of hydrogen-bond donors (Lipinski definition) is 1. The van der Waals surface area contributed by atoms with Crippen LogP contribution in [0.2, 0.25) is 0 Å². The van der Waals surface area contributed by atoms with Crippen molar-refractivity contribution < 1.29 is 23.5 Å². The van der Waals surface area contributed by atoms with E-state index in [1.54, 1.807) is 13.2 Å². The summed E-state index contributed by atoms with van der Waals surface area (Å²) in [5.41, 5.74) is 0.949. The van der Waals surface area contributed by atoms with E-state index in [4.69, 9.17) is 18.7 Å². The van der Waals surface area contributed by atoms with Gasteiger partial charge < -0.3 is 23.6 Å². The van der Waals surface area contributed by atoms with Crippen molar-refractivity contribution in [1.82, 2.24) is 20.1 Å². The lowest BCUT2D eigenvalue weighted by Gasteiger charge is -2.27. The SMILES string of the molecule is COc1cc(C(=O)Nc2nc3c(s2)CN(c2cc(OC)nc(OC)n2)CC3)on1. The molecule has 0 radical (unpaired) electrons. The number of carbonyl (C=O) groups is 1. The fraction of sp³-hybridized carbons (Fsp3) is 0.353. The number of thiazole rings is 1. The Morgan fingerprint density at radius 2 is 1.97 bits per heavy atom. The van der Waals surface area contributed by atoms with Gasteiger partial charge in [0, 0.05) is 23.9 Å². The van der Waals surface area contributed by atoms with Crippen molar-refractivity contribution in [2.75, 3.05) is 38.1 Å². The van der Waals surface area contributed by atoms with Gasteiger partial charge in [-0.3, -0.25) is 10.1 Å². The molecule has 0 bridgehead atoms. The number of nitrogens with one attached hydrogen (secondary N) is 1. The Hall–Kier alpha value is -3.41. The van der Waals surface area contributed by atoms with E-state index in [2.05, 4.69) is 30.3 Å². The van der Waals surface area contributed by atoms with Crippen molar-refractivity contribution in [2.45, 2.75) is 13.0 Å². The third-order valence-corrected chi connectivity index (χ3v) is 5.26. The summed E-state index contributed by atoms with van der Waals surface area (Å²) in [6.07, 6.45) is 0.715. The molecular formula is C17H18N6O5S. The standard InChI is InChI=1S/C17H18N6O5S/c1-25-13-7-12(19-16(20-13)27-3)23-5-4-9-11(8-23)29-17(18-9)21-15(24)10-6-14(26-2)22-28-10/h6-7H,4-5,8H2,1-3H3,(H,18,21,24). The van der Waals surface area contributed by atoms with Crippen molar-refractivity contribution in [3.63, 3.8) is 0 Å². The minimum atomic E-state index is -0.436. The molecule has 0 saturated carbocycles. The number of aromatic nitrogens is 4. The molecule has 29 heavy (non-hydrogen) atoms. The van der Waals surface area contributed by atoms with Crippen molar-refractivity contribution >= 4 is 28.2 Å². The predicted molar refractivity (Wildman–Crippen MR) is 103 cm³/mol. The molecule has 0 fully saturated rings. The van der Waals surface area contributed by atoms with E-state index in [0.717, 1.165) is 10.6 Å². The summed E-state index contributed by atoms with van der Waals surface area (Å²) in [6, 6.07) is 3.42. The van der Waals surface area contributed by atoms with Gasteiger partial charge >= 0.3 is 6.01 Å². The van der Waals surface area contributed by atoms with Crippen molar-refractivity contribution in [1.29, 1.82) is 0 Å². The lowest BCUT2D eigenvalue weighted by Crippen LogP contribution is -2.30. The van der Waals surface area contributed by atoms with Crippen molar-refractivity contribution in [3.05, 3.63) is 28.5 Å². The largest absolute Gasteiger partial charge is 0.481 e. The van der Waals surface area contributed by atoms with Gasteiger partial charge in [0.15, 0.2) is 5.13 Å². The summed E-state index contributed by atoms with van der Waals surface area (Å²) in [7, 11) is 4.50. The van der Waals surface area contributed by atoms with Crippen LogP contribution in [0, 0.1) is 0 Å². The summed E-state index contributed by atoms with van der Waals surface area (Å²) in [6.45, 7) is 1.31. The zero-order chi connectivity index (χ0) is 20.4. The second-order valence-electron chi connectivity index (χ2n) is 6.00. The van der Waals surface area contributed by atoms with Crippen LogP contribution >= 0.6 is 11.3 Å². The summed E-state index contributed by atoms with van der Waals surface area (Å²) >= 11 is 1.41. The Balaban J connectivity index is 1.49. The maximum Gasteiger partial charge on any atom is 0.321 e. The van der Waals surface area contributed by atoms with Gasteiger partial charge in [0.25, 0.3) is 11.8 Å². The number of carbonyl (C=O) groups excluding carboxylic acids is 1. The fourth-order valence-corrected chi connectivity index (χ4v) is 3.83. The Morgan fingerprint density at radius 3 is 2.69 bits per heavy atom. The van der Waals surface area contributed by atoms with E-state index >= 15 is 0 Å². The molecule has 1 aliphatic rings. The second-order valence-corrected chi connectivity index (χ2v) is 7.09. The zero-order valence-electron chi connectivity index (χ0n) is 16.0. The number of amides is 1. The van der Waals surface area contributed by atoms with Crippen LogP contribution in [0.15, 0.2) is 16.7 Å². The summed E-state index contributed by atoms with van der Waals surface area (Å²) < 4.78 is 20.2. The molecule has 4 rings (SSSR count). The lowest BCUT2D eigenvalue weighted by molar-refractivity contribution is 0.0987. The average Bonchev–Trinajstić information content (AvgIpc) is 3.39. The monoisotopic (exact) mass is 418 g/mol. The minimum absolute atomic E-state index is 0.0526. The van der Waals surface area contributed by atoms with Crippen LogP contribution in [0.3, 0.4) is 0 Å². The van der Waals surface area contributed by atoms with Gasteiger partial charge in [-0.25, -0.2) is 4.98 Å². The molecule has 3 aromatic rings. The average molecular weight is 418 g/mol. The van der Waals surface area contributed by atoms with Gasteiger partial charge in [0.2, 0.25) is 11.6 Å². The molecule has 4 heterocycles. The predicted octanol–water partition coefficient (Wildman–Crippen LogP) is 1.76. The first-order chi connectivity index (χ1) is 14.1. The third kappa shape index (κ3) is 3.92. The molecule has 1 N–H and O–H groups in total. The first-order valence-electron chi connectivity index (χ1n) is 8.62. The van der Waals surface area contributed by atoms with Gasteiger partial charge in [-0.2, -0.15) is 9.97 Å². The van der Waals surface area contributed by atoms with Crippen molar-refractivity contribution in [2.24, 2.45) is 0 Å². The van der Waals surface area contributed by atoms with E-state index < -0.39 is 5.91 Å². The number of methoxy groups -OCH3 is 3. The first kappa shape index (κ1) is 18.9. The minimum Gasteiger partial charge on any atom is -0.481 e. The molecule has 0 saturated heterocycles. The molecule has 1 aliphatic heterocycles. The molecule has 12 heteroatoms. The number of hydrogen-bond acceptors (Lipinski definition) is 11. The van der Waals surface area contributed by atoms with Gasteiger partial charge in [0.05, 0.1) is 39.6 Å². The van der Waals surface area contributed by atoms with E-state index in [0.29, 0.717) is 36.3 Å². The number of ether oxygens (including phenoxy) is 3. The Kier molecular flexibility index (Phi) is 5.16.